The normalized spacial score (nSPS) is 17.6. The molecule has 25 heavy (non-hydrogen) atoms. The molecule has 0 aromatic carbocycles. The van der Waals surface area contributed by atoms with Crippen LogP contribution in [0.25, 0.3) is 0 Å². The number of carbonyl (C=O) groups is 2. The van der Waals surface area contributed by atoms with Gasteiger partial charge in [0.05, 0.1) is 6.54 Å². The summed E-state index contributed by atoms with van der Waals surface area (Å²) < 4.78 is 2.19. The Balaban J connectivity index is 1.93. The number of likely N-dealkylation sites (tertiary alicyclic amines) is 1. The highest BCUT2D eigenvalue weighted by Crippen LogP contribution is 2.25. The first-order valence-corrected chi connectivity index (χ1v) is 8.77. The highest BCUT2D eigenvalue weighted by Gasteiger charge is 2.27. The molecule has 1 aliphatic heterocycles. The summed E-state index contributed by atoms with van der Waals surface area (Å²) in [7, 11) is 7.42. The zero-order valence-corrected chi connectivity index (χ0v) is 15.7. The van der Waals surface area contributed by atoms with Crippen molar-refractivity contribution in [2.45, 2.75) is 25.3 Å². The Labute approximate surface area is 149 Å². The van der Waals surface area contributed by atoms with E-state index in [1.807, 2.05) is 17.3 Å². The molecule has 0 unspecified atom stereocenters. The molecule has 1 fully saturated rings. The maximum Gasteiger partial charge on any atom is 0.317 e. The smallest absolute Gasteiger partial charge is 0.317 e. The van der Waals surface area contributed by atoms with Crippen LogP contribution >= 0.6 is 0 Å². The van der Waals surface area contributed by atoms with Gasteiger partial charge in [-0.25, -0.2) is 9.78 Å². The number of imidazole rings is 1. The van der Waals surface area contributed by atoms with Gasteiger partial charge in [0.25, 0.3) is 0 Å². The summed E-state index contributed by atoms with van der Waals surface area (Å²) in [6.07, 6.45) is 5.84. The number of carbonyl (C=O) groups excluding carboxylic acids is 2. The SMILES string of the molecule is CN(C)CCn1ccnc1[C@@H]1CCCN(C(=O)CNC(=O)N(C)C)C1. The second kappa shape index (κ2) is 8.84. The zero-order chi connectivity index (χ0) is 18.4. The second-order valence-corrected chi connectivity index (χ2v) is 7.01. The number of hydrogen-bond donors (Lipinski definition) is 1. The van der Waals surface area contributed by atoms with E-state index in [0.717, 1.165) is 38.3 Å². The quantitative estimate of drug-likeness (QED) is 0.807. The molecule has 0 spiro atoms. The fraction of sp³-hybridized carbons (Fsp3) is 0.706. The zero-order valence-electron chi connectivity index (χ0n) is 15.7. The fourth-order valence-corrected chi connectivity index (χ4v) is 3.01. The lowest BCUT2D eigenvalue weighted by Gasteiger charge is -2.33. The van der Waals surface area contributed by atoms with Crippen LogP contribution in [0.2, 0.25) is 0 Å². The standard InChI is InChI=1S/C17H30N6O2/c1-20(2)10-11-22-9-7-18-16(22)14-6-5-8-23(13-14)15(24)12-19-17(25)21(3)4/h7,9,14H,5-6,8,10-13H2,1-4H3,(H,19,25)/t14-/m1/s1. The van der Waals surface area contributed by atoms with E-state index in [0.29, 0.717) is 6.54 Å². The molecular weight excluding hydrogens is 320 g/mol. The third kappa shape index (κ3) is 5.45. The number of hydrogen-bond acceptors (Lipinski definition) is 4. The molecule has 1 saturated heterocycles. The number of piperidine rings is 1. The van der Waals surface area contributed by atoms with Crippen molar-refractivity contribution < 1.29 is 9.59 Å². The van der Waals surface area contributed by atoms with Crippen LogP contribution < -0.4 is 5.32 Å². The Kier molecular flexibility index (Phi) is 6.81. The monoisotopic (exact) mass is 350 g/mol. The minimum atomic E-state index is -0.249. The Morgan fingerprint density at radius 2 is 2.08 bits per heavy atom. The van der Waals surface area contributed by atoms with Gasteiger partial charge in [0, 0.05) is 58.6 Å². The van der Waals surface area contributed by atoms with E-state index in [1.54, 1.807) is 14.1 Å². The highest BCUT2D eigenvalue weighted by molar-refractivity contribution is 5.83. The fourth-order valence-electron chi connectivity index (χ4n) is 3.01. The maximum atomic E-state index is 12.4. The molecule has 3 amide bonds. The maximum absolute atomic E-state index is 12.4. The van der Waals surface area contributed by atoms with Crippen molar-refractivity contribution in [2.75, 3.05) is 54.4 Å². The van der Waals surface area contributed by atoms with Gasteiger partial charge in [-0.3, -0.25) is 4.79 Å². The van der Waals surface area contributed by atoms with Gasteiger partial charge in [0.1, 0.15) is 5.82 Å². The van der Waals surface area contributed by atoms with E-state index in [-0.39, 0.29) is 24.4 Å². The van der Waals surface area contributed by atoms with Gasteiger partial charge in [-0.15, -0.1) is 0 Å². The summed E-state index contributed by atoms with van der Waals surface area (Å²) in [5.74, 6) is 1.27. The van der Waals surface area contributed by atoms with Crippen molar-refractivity contribution in [2.24, 2.45) is 0 Å². The van der Waals surface area contributed by atoms with Crippen molar-refractivity contribution in [3.05, 3.63) is 18.2 Å². The molecular formula is C17H30N6O2. The van der Waals surface area contributed by atoms with Crippen LogP contribution in [0.3, 0.4) is 0 Å². The van der Waals surface area contributed by atoms with Crippen molar-refractivity contribution in [1.29, 1.82) is 0 Å². The Hall–Kier alpha value is -2.09. The summed E-state index contributed by atoms with van der Waals surface area (Å²) in [4.78, 5) is 33.9. The van der Waals surface area contributed by atoms with Gasteiger partial charge in [0.2, 0.25) is 5.91 Å². The summed E-state index contributed by atoms with van der Waals surface area (Å²) >= 11 is 0. The number of rotatable bonds is 6. The predicted molar refractivity (Wildman–Crippen MR) is 96.4 cm³/mol. The Bertz CT molecular complexity index is 583. The molecule has 8 heteroatoms. The molecule has 8 nitrogen and oxygen atoms in total. The van der Waals surface area contributed by atoms with Gasteiger partial charge in [0.15, 0.2) is 0 Å². The van der Waals surface area contributed by atoms with E-state index in [2.05, 4.69) is 33.9 Å². The first-order chi connectivity index (χ1) is 11.9. The van der Waals surface area contributed by atoms with E-state index < -0.39 is 0 Å². The van der Waals surface area contributed by atoms with E-state index >= 15 is 0 Å². The molecule has 1 aliphatic rings. The minimum Gasteiger partial charge on any atom is -0.340 e. The highest BCUT2D eigenvalue weighted by atomic mass is 16.2. The summed E-state index contributed by atoms with van der Waals surface area (Å²) in [6, 6.07) is -0.249. The Morgan fingerprint density at radius 3 is 2.76 bits per heavy atom. The van der Waals surface area contributed by atoms with E-state index in [4.69, 9.17) is 0 Å². The van der Waals surface area contributed by atoms with Crippen LogP contribution in [0.4, 0.5) is 4.79 Å². The molecule has 0 aliphatic carbocycles. The van der Waals surface area contributed by atoms with Crippen LogP contribution in [0.1, 0.15) is 24.6 Å². The van der Waals surface area contributed by atoms with Crippen molar-refractivity contribution in [3.63, 3.8) is 0 Å². The topological polar surface area (TPSA) is 73.7 Å². The van der Waals surface area contributed by atoms with Crippen LogP contribution in [0.15, 0.2) is 12.4 Å². The molecule has 1 aromatic rings. The molecule has 0 saturated carbocycles. The van der Waals surface area contributed by atoms with Crippen molar-refractivity contribution in [3.8, 4) is 0 Å². The minimum absolute atomic E-state index is 0.0358. The second-order valence-electron chi connectivity index (χ2n) is 7.01. The molecule has 2 heterocycles. The van der Waals surface area contributed by atoms with Crippen LogP contribution in [-0.4, -0.2) is 90.6 Å². The Morgan fingerprint density at radius 1 is 1.32 bits per heavy atom. The average molecular weight is 350 g/mol. The first-order valence-electron chi connectivity index (χ1n) is 8.77. The van der Waals surface area contributed by atoms with E-state index in [1.165, 1.54) is 4.90 Å². The van der Waals surface area contributed by atoms with Crippen molar-refractivity contribution in [1.82, 2.24) is 29.6 Å². The summed E-state index contributed by atoms with van der Waals surface area (Å²) in [5, 5.41) is 2.64. The number of aromatic nitrogens is 2. The summed E-state index contributed by atoms with van der Waals surface area (Å²) in [5.41, 5.74) is 0. The average Bonchev–Trinajstić information content (AvgIpc) is 3.06. The number of nitrogens with zero attached hydrogens (tertiary/aromatic N) is 5. The molecule has 0 bridgehead atoms. The third-order valence-corrected chi connectivity index (χ3v) is 4.47. The molecule has 2 rings (SSSR count). The van der Waals surface area contributed by atoms with Gasteiger partial charge < -0.3 is 24.6 Å². The molecule has 1 atom stereocenters. The molecule has 1 N–H and O–H groups in total. The number of urea groups is 1. The lowest BCUT2D eigenvalue weighted by molar-refractivity contribution is -0.131. The lowest BCUT2D eigenvalue weighted by Crippen LogP contribution is -2.46. The third-order valence-electron chi connectivity index (χ3n) is 4.47. The number of amides is 3. The van der Waals surface area contributed by atoms with Gasteiger partial charge in [-0.2, -0.15) is 0 Å². The van der Waals surface area contributed by atoms with E-state index in [9.17, 15) is 9.59 Å². The molecule has 0 radical (unpaired) electrons. The first kappa shape index (κ1) is 19.2. The number of likely N-dealkylation sites (N-methyl/N-ethyl adjacent to an activating group) is 1. The molecule has 1 aromatic heterocycles. The van der Waals surface area contributed by atoms with Crippen molar-refractivity contribution >= 4 is 11.9 Å². The summed E-state index contributed by atoms with van der Waals surface area (Å²) in [6.45, 7) is 3.29. The lowest BCUT2D eigenvalue weighted by atomic mass is 9.97. The van der Waals surface area contributed by atoms with Crippen LogP contribution in [-0.2, 0) is 11.3 Å². The largest absolute Gasteiger partial charge is 0.340 e. The predicted octanol–water partition coefficient (Wildman–Crippen LogP) is 0.422. The number of nitrogens with one attached hydrogen (secondary N) is 1. The van der Waals surface area contributed by atoms with Gasteiger partial charge >= 0.3 is 6.03 Å². The van der Waals surface area contributed by atoms with Gasteiger partial charge in [-0.05, 0) is 26.9 Å². The molecule has 140 valence electrons. The van der Waals surface area contributed by atoms with Gasteiger partial charge in [-0.1, -0.05) is 0 Å². The van der Waals surface area contributed by atoms with Crippen LogP contribution in [0.5, 0.6) is 0 Å². The van der Waals surface area contributed by atoms with Crippen LogP contribution in [0, 0.1) is 0 Å².